The Morgan fingerprint density at radius 2 is 2.05 bits per heavy atom. The number of hydrogen-bond donors (Lipinski definition) is 0. The predicted octanol–water partition coefficient (Wildman–Crippen LogP) is 4.16. The molecule has 1 aliphatic rings. The molecule has 0 aromatic heterocycles. The zero-order chi connectivity index (χ0) is 15.8. The molecule has 1 aliphatic heterocycles. The molecule has 0 N–H and O–H groups in total. The number of hydrogen-bond acceptors (Lipinski definition) is 3. The molecule has 0 atom stereocenters. The van der Waals surface area contributed by atoms with Crippen LogP contribution in [0.15, 0.2) is 12.1 Å². The van der Waals surface area contributed by atoms with Crippen LogP contribution >= 0.6 is 23.2 Å². The van der Waals surface area contributed by atoms with Gasteiger partial charge in [0.1, 0.15) is 0 Å². The minimum atomic E-state index is -0.584. The van der Waals surface area contributed by atoms with Crippen LogP contribution in [0.25, 0.3) is 0 Å². The Morgan fingerprint density at radius 1 is 1.38 bits per heavy atom. The first-order chi connectivity index (χ1) is 9.71. The number of likely N-dealkylation sites (tertiary alicyclic amines) is 1. The van der Waals surface area contributed by atoms with Crippen molar-refractivity contribution in [3.8, 4) is 0 Å². The fourth-order valence-corrected chi connectivity index (χ4v) is 3.01. The third-order valence-electron chi connectivity index (χ3n) is 3.64. The van der Waals surface area contributed by atoms with Gasteiger partial charge in [0.25, 0.3) is 11.6 Å². The molecule has 1 heterocycles. The lowest BCUT2D eigenvalue weighted by atomic mass is 9.84. The lowest BCUT2D eigenvalue weighted by Crippen LogP contribution is -2.43. The van der Waals surface area contributed by atoms with Gasteiger partial charge < -0.3 is 4.90 Å². The standard InChI is InChI=1S/C14H16Cl2N2O3/c1-14(2)4-3-5-17(8-14)13(19)10-6-9(18(20)21)7-11(15)12(10)16/h6-7H,3-5,8H2,1-2H3. The van der Waals surface area contributed by atoms with E-state index in [0.29, 0.717) is 13.1 Å². The molecule has 5 nitrogen and oxygen atoms in total. The molecule has 2 rings (SSSR count). The summed E-state index contributed by atoms with van der Waals surface area (Å²) < 4.78 is 0. The maximum atomic E-state index is 12.6. The van der Waals surface area contributed by atoms with Crippen molar-refractivity contribution in [3.05, 3.63) is 37.9 Å². The number of piperidine rings is 1. The van der Waals surface area contributed by atoms with Crippen LogP contribution in [-0.2, 0) is 0 Å². The van der Waals surface area contributed by atoms with Crippen LogP contribution in [0.2, 0.25) is 10.0 Å². The fourth-order valence-electron chi connectivity index (χ4n) is 2.60. The molecule has 1 amide bonds. The largest absolute Gasteiger partial charge is 0.338 e. The number of benzene rings is 1. The van der Waals surface area contributed by atoms with E-state index in [9.17, 15) is 14.9 Å². The molecule has 0 aliphatic carbocycles. The van der Waals surface area contributed by atoms with Crippen molar-refractivity contribution in [2.45, 2.75) is 26.7 Å². The maximum Gasteiger partial charge on any atom is 0.271 e. The van der Waals surface area contributed by atoms with Gasteiger partial charge in [0.05, 0.1) is 20.5 Å². The highest BCUT2D eigenvalue weighted by Crippen LogP contribution is 2.34. The van der Waals surface area contributed by atoms with Gasteiger partial charge in [-0.3, -0.25) is 14.9 Å². The van der Waals surface area contributed by atoms with Crippen LogP contribution in [0.4, 0.5) is 5.69 Å². The van der Waals surface area contributed by atoms with Crippen LogP contribution in [-0.4, -0.2) is 28.8 Å². The number of halogens is 2. The Labute approximate surface area is 133 Å². The number of nitro benzene ring substituents is 1. The van der Waals surface area contributed by atoms with E-state index < -0.39 is 4.92 Å². The number of nitrogens with zero attached hydrogens (tertiary/aromatic N) is 2. The Bertz CT molecular complexity index is 602. The van der Waals surface area contributed by atoms with Crippen LogP contribution < -0.4 is 0 Å². The molecular formula is C14H16Cl2N2O3. The van der Waals surface area contributed by atoms with E-state index in [4.69, 9.17) is 23.2 Å². The summed E-state index contributed by atoms with van der Waals surface area (Å²) in [5.74, 6) is -0.307. The van der Waals surface area contributed by atoms with Crippen molar-refractivity contribution in [2.24, 2.45) is 5.41 Å². The van der Waals surface area contributed by atoms with Crippen molar-refractivity contribution >= 4 is 34.8 Å². The Hall–Kier alpha value is -1.33. The zero-order valence-electron chi connectivity index (χ0n) is 11.9. The first kappa shape index (κ1) is 16.0. The highest BCUT2D eigenvalue weighted by atomic mass is 35.5. The second-order valence-corrected chi connectivity index (χ2v) is 6.83. The monoisotopic (exact) mass is 330 g/mol. The van der Waals surface area contributed by atoms with E-state index >= 15 is 0 Å². The summed E-state index contributed by atoms with van der Waals surface area (Å²) in [6, 6.07) is 2.35. The van der Waals surface area contributed by atoms with E-state index in [2.05, 4.69) is 13.8 Å². The zero-order valence-corrected chi connectivity index (χ0v) is 13.4. The molecule has 0 spiro atoms. The Morgan fingerprint density at radius 3 is 2.62 bits per heavy atom. The summed E-state index contributed by atoms with van der Waals surface area (Å²) in [4.78, 5) is 24.6. The molecule has 0 radical (unpaired) electrons. The molecule has 21 heavy (non-hydrogen) atoms. The Kier molecular flexibility index (Phi) is 4.44. The third kappa shape index (κ3) is 3.47. The molecule has 0 bridgehead atoms. The fraction of sp³-hybridized carbons (Fsp3) is 0.500. The van der Waals surface area contributed by atoms with E-state index in [1.54, 1.807) is 4.90 Å². The topological polar surface area (TPSA) is 63.5 Å². The van der Waals surface area contributed by atoms with Gasteiger partial charge in [0.2, 0.25) is 0 Å². The van der Waals surface area contributed by atoms with Gasteiger partial charge in [-0.15, -0.1) is 0 Å². The lowest BCUT2D eigenvalue weighted by molar-refractivity contribution is -0.384. The quantitative estimate of drug-likeness (QED) is 0.604. The summed E-state index contributed by atoms with van der Waals surface area (Å²) in [6.45, 7) is 5.41. The van der Waals surface area contributed by atoms with Gasteiger partial charge in [0.15, 0.2) is 0 Å². The molecule has 1 fully saturated rings. The van der Waals surface area contributed by atoms with E-state index in [0.717, 1.165) is 18.9 Å². The summed E-state index contributed by atoms with van der Waals surface area (Å²) in [7, 11) is 0. The van der Waals surface area contributed by atoms with Gasteiger partial charge in [-0.2, -0.15) is 0 Å². The number of carbonyl (C=O) groups excluding carboxylic acids is 1. The van der Waals surface area contributed by atoms with Gasteiger partial charge in [0, 0.05) is 25.2 Å². The normalized spacial score (nSPS) is 17.6. The molecule has 0 unspecified atom stereocenters. The molecule has 1 aromatic rings. The van der Waals surface area contributed by atoms with E-state index in [-0.39, 0.29) is 32.6 Å². The second kappa shape index (κ2) is 5.81. The third-order valence-corrected chi connectivity index (χ3v) is 4.44. The summed E-state index contributed by atoms with van der Waals surface area (Å²) in [5.41, 5.74) is -0.108. The number of nitro groups is 1. The highest BCUT2D eigenvalue weighted by Gasteiger charge is 2.31. The summed E-state index contributed by atoms with van der Waals surface area (Å²) in [6.07, 6.45) is 1.94. The van der Waals surface area contributed by atoms with Gasteiger partial charge in [-0.1, -0.05) is 37.0 Å². The van der Waals surface area contributed by atoms with Gasteiger partial charge in [-0.05, 0) is 18.3 Å². The van der Waals surface area contributed by atoms with Crippen LogP contribution in [0.3, 0.4) is 0 Å². The molecule has 114 valence electrons. The first-order valence-electron chi connectivity index (χ1n) is 6.64. The summed E-state index contributed by atoms with van der Waals surface area (Å²) in [5, 5.41) is 11.0. The second-order valence-electron chi connectivity index (χ2n) is 6.04. The average molecular weight is 331 g/mol. The van der Waals surface area contributed by atoms with Crippen LogP contribution in [0, 0.1) is 15.5 Å². The SMILES string of the molecule is CC1(C)CCCN(C(=O)c2cc([N+](=O)[O-])cc(Cl)c2Cl)C1. The minimum Gasteiger partial charge on any atom is -0.338 e. The van der Waals surface area contributed by atoms with Crippen LogP contribution in [0.5, 0.6) is 0 Å². The summed E-state index contributed by atoms with van der Waals surface area (Å²) >= 11 is 11.9. The number of rotatable bonds is 2. The molecule has 1 saturated heterocycles. The van der Waals surface area contributed by atoms with Gasteiger partial charge >= 0.3 is 0 Å². The molecule has 0 saturated carbocycles. The molecule has 1 aromatic carbocycles. The molecular weight excluding hydrogens is 315 g/mol. The lowest BCUT2D eigenvalue weighted by Gasteiger charge is -2.38. The van der Waals surface area contributed by atoms with Crippen LogP contribution in [0.1, 0.15) is 37.0 Å². The van der Waals surface area contributed by atoms with Crippen molar-refractivity contribution in [1.82, 2.24) is 4.90 Å². The van der Waals surface area contributed by atoms with E-state index in [1.807, 2.05) is 0 Å². The number of carbonyl (C=O) groups is 1. The first-order valence-corrected chi connectivity index (χ1v) is 7.39. The van der Waals surface area contributed by atoms with E-state index in [1.165, 1.54) is 6.07 Å². The highest BCUT2D eigenvalue weighted by molar-refractivity contribution is 6.44. The predicted molar refractivity (Wildman–Crippen MR) is 82.0 cm³/mol. The number of amides is 1. The van der Waals surface area contributed by atoms with Gasteiger partial charge in [-0.25, -0.2) is 0 Å². The number of non-ortho nitro benzene ring substituents is 1. The maximum absolute atomic E-state index is 12.6. The Balaban J connectivity index is 2.36. The molecule has 7 heteroatoms. The average Bonchev–Trinajstić information content (AvgIpc) is 2.39. The van der Waals surface area contributed by atoms with Crippen molar-refractivity contribution in [1.29, 1.82) is 0 Å². The van der Waals surface area contributed by atoms with Crippen molar-refractivity contribution in [2.75, 3.05) is 13.1 Å². The smallest absolute Gasteiger partial charge is 0.271 e. The van der Waals surface area contributed by atoms with Crippen molar-refractivity contribution in [3.63, 3.8) is 0 Å². The van der Waals surface area contributed by atoms with Crippen molar-refractivity contribution < 1.29 is 9.72 Å². The minimum absolute atomic E-state index is 0.0190.